The Kier molecular flexibility index (Phi) is 8.61. The van der Waals surface area contributed by atoms with Crippen LogP contribution < -0.4 is 27.4 Å². The Bertz CT molecular complexity index is 1380. The van der Waals surface area contributed by atoms with E-state index in [1.807, 2.05) is 54.6 Å². The van der Waals surface area contributed by atoms with Gasteiger partial charge in [0.2, 0.25) is 0 Å². The maximum atomic E-state index is 12.7. The lowest BCUT2D eigenvalue weighted by molar-refractivity contribution is 0.0948. The second-order valence-electron chi connectivity index (χ2n) is 10.8. The number of benzene rings is 2. The van der Waals surface area contributed by atoms with Gasteiger partial charge in [-0.1, -0.05) is 31.0 Å². The molecule has 1 unspecified atom stereocenters. The van der Waals surface area contributed by atoms with Crippen molar-refractivity contribution in [2.24, 2.45) is 11.5 Å². The molecule has 1 aliphatic rings. The van der Waals surface area contributed by atoms with E-state index in [2.05, 4.69) is 25.9 Å². The molecule has 5 rings (SSSR count). The van der Waals surface area contributed by atoms with E-state index in [0.717, 1.165) is 73.3 Å². The molecule has 0 bridgehead atoms. The van der Waals surface area contributed by atoms with E-state index in [1.54, 1.807) is 0 Å². The standard InChI is InChI=1S/C30H39N7O2/c31-21-16-22(32)18-24(17-21)33-11-5-1-2-6-12-34-29(38)27-15-20-13-23(9-10-26(20)37-27)35-30(39)28-14-19-7-3-4-8-25(19)36-28/h3-4,7-10,13-15,21-22,24,33,36-37H,1-2,5-6,11-12,16-18,31-32H2,(H,34,38)(H,35,39)/t21-,22+,24?. The topological polar surface area (TPSA) is 154 Å². The summed E-state index contributed by atoms with van der Waals surface area (Å²) in [4.78, 5) is 31.7. The molecule has 1 aliphatic carbocycles. The number of carbonyl (C=O) groups is 2. The van der Waals surface area contributed by atoms with Crippen LogP contribution in [-0.2, 0) is 0 Å². The van der Waals surface area contributed by atoms with Crippen molar-refractivity contribution in [1.82, 2.24) is 20.6 Å². The van der Waals surface area contributed by atoms with Crippen LogP contribution in [0, 0.1) is 0 Å². The van der Waals surface area contributed by atoms with Crippen LogP contribution in [0.3, 0.4) is 0 Å². The van der Waals surface area contributed by atoms with E-state index in [4.69, 9.17) is 11.5 Å². The fourth-order valence-corrected chi connectivity index (χ4v) is 5.51. The lowest BCUT2D eigenvalue weighted by Gasteiger charge is -2.31. The number of nitrogens with two attached hydrogens (primary N) is 2. The molecular formula is C30H39N7O2. The summed E-state index contributed by atoms with van der Waals surface area (Å²) in [5.74, 6) is -0.335. The summed E-state index contributed by atoms with van der Waals surface area (Å²) in [5.41, 5.74) is 15.6. The van der Waals surface area contributed by atoms with E-state index in [9.17, 15) is 9.59 Å². The van der Waals surface area contributed by atoms with Crippen molar-refractivity contribution in [2.45, 2.75) is 63.1 Å². The van der Waals surface area contributed by atoms with Crippen LogP contribution in [0.25, 0.3) is 21.8 Å². The van der Waals surface area contributed by atoms with Crippen molar-refractivity contribution >= 4 is 39.3 Å². The Hall–Kier alpha value is -3.66. The molecule has 1 fully saturated rings. The molecule has 2 aromatic heterocycles. The molecule has 2 aromatic carbocycles. The highest BCUT2D eigenvalue weighted by Gasteiger charge is 2.23. The van der Waals surface area contributed by atoms with E-state index >= 15 is 0 Å². The average molecular weight is 530 g/mol. The molecule has 0 saturated heterocycles. The summed E-state index contributed by atoms with van der Waals surface area (Å²) in [5, 5.41) is 11.4. The number of nitrogens with one attached hydrogen (secondary N) is 5. The molecule has 9 N–H and O–H groups in total. The first kappa shape index (κ1) is 26.9. The van der Waals surface area contributed by atoms with Gasteiger partial charge in [-0.05, 0) is 75.0 Å². The SMILES string of the molecule is N[C@@H]1CC(NCCCCCCNC(=O)c2cc3cc(NC(=O)c4cc5ccccc5[nH]4)ccc3[nH]2)C[C@H](N)C1. The zero-order chi connectivity index (χ0) is 27.2. The summed E-state index contributed by atoms with van der Waals surface area (Å²) in [6.45, 7) is 1.62. The van der Waals surface area contributed by atoms with Crippen LogP contribution in [0.4, 0.5) is 5.69 Å². The summed E-state index contributed by atoms with van der Waals surface area (Å²) in [6.07, 6.45) is 7.17. The first-order valence-corrected chi connectivity index (χ1v) is 14.0. The Balaban J connectivity index is 1.03. The summed E-state index contributed by atoms with van der Waals surface area (Å²) in [7, 11) is 0. The Morgan fingerprint density at radius 1 is 0.744 bits per heavy atom. The third-order valence-corrected chi connectivity index (χ3v) is 7.50. The lowest BCUT2D eigenvalue weighted by atomic mass is 9.88. The van der Waals surface area contributed by atoms with E-state index < -0.39 is 0 Å². The smallest absolute Gasteiger partial charge is 0.272 e. The second-order valence-corrected chi connectivity index (χ2v) is 10.8. The molecule has 4 aromatic rings. The minimum Gasteiger partial charge on any atom is -0.351 e. The van der Waals surface area contributed by atoms with Crippen LogP contribution in [0.15, 0.2) is 54.6 Å². The quantitative estimate of drug-likeness (QED) is 0.146. The van der Waals surface area contributed by atoms with E-state index in [-0.39, 0.29) is 23.9 Å². The van der Waals surface area contributed by atoms with Gasteiger partial charge in [0.05, 0.1) is 0 Å². The van der Waals surface area contributed by atoms with Crippen LogP contribution in [-0.4, -0.2) is 53.0 Å². The normalized spacial score (nSPS) is 19.4. The first-order chi connectivity index (χ1) is 18.9. The molecule has 3 atom stereocenters. The van der Waals surface area contributed by atoms with Crippen LogP contribution in [0.5, 0.6) is 0 Å². The number of unbranched alkanes of at least 4 members (excludes halogenated alkanes) is 3. The summed E-state index contributed by atoms with van der Waals surface area (Å²) in [6, 6.07) is 17.9. The van der Waals surface area contributed by atoms with Gasteiger partial charge in [0.25, 0.3) is 11.8 Å². The van der Waals surface area contributed by atoms with Crippen molar-refractivity contribution in [3.05, 3.63) is 66.0 Å². The molecule has 9 heteroatoms. The second kappa shape index (κ2) is 12.5. The van der Waals surface area contributed by atoms with Crippen LogP contribution >= 0.6 is 0 Å². The molecule has 9 nitrogen and oxygen atoms in total. The van der Waals surface area contributed by atoms with Crippen molar-refractivity contribution < 1.29 is 9.59 Å². The van der Waals surface area contributed by atoms with Gasteiger partial charge in [0.1, 0.15) is 11.4 Å². The highest BCUT2D eigenvalue weighted by atomic mass is 16.2. The Labute approximate surface area is 228 Å². The highest BCUT2D eigenvalue weighted by molar-refractivity contribution is 6.07. The fourth-order valence-electron chi connectivity index (χ4n) is 5.51. The van der Waals surface area contributed by atoms with Gasteiger partial charge in [0, 0.05) is 52.2 Å². The lowest BCUT2D eigenvalue weighted by Crippen LogP contribution is -2.47. The predicted molar refractivity (Wildman–Crippen MR) is 157 cm³/mol. The van der Waals surface area contributed by atoms with Gasteiger partial charge in [-0.15, -0.1) is 0 Å². The monoisotopic (exact) mass is 529 g/mol. The minimum absolute atomic E-state index is 0.124. The molecule has 2 heterocycles. The van der Waals surface area contributed by atoms with Gasteiger partial charge in [-0.3, -0.25) is 9.59 Å². The third-order valence-electron chi connectivity index (χ3n) is 7.50. The molecule has 0 spiro atoms. The zero-order valence-corrected chi connectivity index (χ0v) is 22.3. The number of hydrogen-bond donors (Lipinski definition) is 7. The number of aromatic nitrogens is 2. The number of H-pyrrole nitrogens is 2. The Morgan fingerprint density at radius 2 is 1.41 bits per heavy atom. The van der Waals surface area contributed by atoms with Gasteiger partial charge in [-0.25, -0.2) is 0 Å². The number of aromatic amines is 2. The van der Waals surface area contributed by atoms with Crippen molar-refractivity contribution in [3.63, 3.8) is 0 Å². The van der Waals surface area contributed by atoms with E-state index in [0.29, 0.717) is 29.7 Å². The zero-order valence-electron chi connectivity index (χ0n) is 22.3. The van der Waals surface area contributed by atoms with Gasteiger partial charge in [0.15, 0.2) is 0 Å². The third kappa shape index (κ3) is 7.06. The van der Waals surface area contributed by atoms with Gasteiger partial charge >= 0.3 is 0 Å². The number of anilines is 1. The first-order valence-electron chi connectivity index (χ1n) is 14.0. The number of rotatable bonds is 11. The average Bonchev–Trinajstić information content (AvgIpc) is 3.54. The largest absolute Gasteiger partial charge is 0.351 e. The van der Waals surface area contributed by atoms with Gasteiger partial charge in [-0.2, -0.15) is 0 Å². The maximum Gasteiger partial charge on any atom is 0.272 e. The van der Waals surface area contributed by atoms with Crippen LogP contribution in [0.1, 0.15) is 65.9 Å². The van der Waals surface area contributed by atoms with Crippen molar-refractivity contribution in [1.29, 1.82) is 0 Å². The predicted octanol–water partition coefficient (Wildman–Crippen LogP) is 3.99. The highest BCUT2D eigenvalue weighted by Crippen LogP contribution is 2.22. The molecule has 39 heavy (non-hydrogen) atoms. The Morgan fingerprint density at radius 3 is 2.18 bits per heavy atom. The summed E-state index contributed by atoms with van der Waals surface area (Å²) < 4.78 is 0. The fraction of sp³-hybridized carbons (Fsp3) is 0.400. The molecule has 2 amide bonds. The molecule has 1 saturated carbocycles. The number of amides is 2. The molecular weight excluding hydrogens is 490 g/mol. The molecule has 0 radical (unpaired) electrons. The molecule has 0 aliphatic heterocycles. The maximum absolute atomic E-state index is 12.7. The number of carbonyl (C=O) groups excluding carboxylic acids is 2. The van der Waals surface area contributed by atoms with E-state index in [1.165, 1.54) is 0 Å². The minimum atomic E-state index is -0.211. The summed E-state index contributed by atoms with van der Waals surface area (Å²) >= 11 is 0. The number of para-hydroxylation sites is 1. The van der Waals surface area contributed by atoms with Crippen LogP contribution in [0.2, 0.25) is 0 Å². The number of hydrogen-bond acceptors (Lipinski definition) is 5. The van der Waals surface area contributed by atoms with Gasteiger partial charge < -0.3 is 37.4 Å². The number of fused-ring (bicyclic) bond motifs is 2. The molecule has 206 valence electrons. The van der Waals surface area contributed by atoms with Crippen molar-refractivity contribution in [2.75, 3.05) is 18.4 Å². The van der Waals surface area contributed by atoms with Crippen molar-refractivity contribution in [3.8, 4) is 0 Å².